The van der Waals surface area contributed by atoms with Crippen LogP contribution in [0.5, 0.6) is 0 Å². The van der Waals surface area contributed by atoms with Crippen molar-refractivity contribution in [2.24, 2.45) is 10.7 Å². The average molecular weight is 255 g/mol. The van der Waals surface area contributed by atoms with Crippen LogP contribution < -0.4 is 11.1 Å². The summed E-state index contributed by atoms with van der Waals surface area (Å²) in [6, 6.07) is 0.453. The zero-order valence-corrected chi connectivity index (χ0v) is 11.2. The van der Waals surface area contributed by atoms with Crippen LogP contribution in [0, 0.1) is 0 Å². The molecule has 2 fully saturated rings. The maximum absolute atomic E-state index is 10.3. The highest BCUT2D eigenvalue weighted by molar-refractivity contribution is 5.78. The molecule has 0 aromatic rings. The summed E-state index contributed by atoms with van der Waals surface area (Å²) in [6.45, 7) is 2.80. The number of hydrogen-bond acceptors (Lipinski definition) is 3. The van der Waals surface area contributed by atoms with Crippen molar-refractivity contribution < 1.29 is 9.84 Å². The van der Waals surface area contributed by atoms with Gasteiger partial charge in [-0.1, -0.05) is 19.3 Å². The number of nitrogens with one attached hydrogen (secondary N) is 1. The Kier molecular flexibility index (Phi) is 4.45. The van der Waals surface area contributed by atoms with Gasteiger partial charge in [-0.15, -0.1) is 0 Å². The van der Waals surface area contributed by atoms with Crippen molar-refractivity contribution in [3.63, 3.8) is 0 Å². The zero-order valence-electron chi connectivity index (χ0n) is 11.2. The molecule has 1 aliphatic carbocycles. The van der Waals surface area contributed by atoms with Crippen molar-refractivity contribution in [3.8, 4) is 0 Å². The first-order chi connectivity index (χ1) is 8.60. The van der Waals surface area contributed by atoms with Crippen LogP contribution in [0.15, 0.2) is 4.99 Å². The highest BCUT2D eigenvalue weighted by Gasteiger charge is 2.39. The Hall–Kier alpha value is -0.810. The molecule has 5 nitrogen and oxygen atoms in total. The molecule has 1 aliphatic heterocycles. The number of nitrogens with zero attached hydrogens (tertiary/aromatic N) is 1. The van der Waals surface area contributed by atoms with Gasteiger partial charge in [0, 0.05) is 19.1 Å². The molecule has 2 aliphatic rings. The van der Waals surface area contributed by atoms with Gasteiger partial charge in [-0.2, -0.15) is 0 Å². The molecule has 0 bridgehead atoms. The van der Waals surface area contributed by atoms with E-state index in [1.807, 2.05) is 6.92 Å². The first-order valence-electron chi connectivity index (χ1n) is 7.00. The van der Waals surface area contributed by atoms with Gasteiger partial charge in [0.15, 0.2) is 5.96 Å². The highest BCUT2D eigenvalue weighted by atomic mass is 16.5. The molecule has 104 valence electrons. The molecule has 18 heavy (non-hydrogen) atoms. The summed E-state index contributed by atoms with van der Waals surface area (Å²) in [5.74, 6) is 0.453. The van der Waals surface area contributed by atoms with Crippen molar-refractivity contribution in [1.29, 1.82) is 0 Å². The van der Waals surface area contributed by atoms with E-state index in [2.05, 4.69) is 10.3 Å². The van der Waals surface area contributed by atoms with E-state index in [0.717, 1.165) is 0 Å². The Morgan fingerprint density at radius 3 is 2.78 bits per heavy atom. The topological polar surface area (TPSA) is 79.9 Å². The normalized spacial score (nSPS) is 34.8. The molecular weight excluding hydrogens is 230 g/mol. The number of aliphatic imine (C=N–C) groups is 1. The lowest BCUT2D eigenvalue weighted by atomic mass is 9.95. The van der Waals surface area contributed by atoms with Crippen LogP contribution in [0.3, 0.4) is 0 Å². The number of ether oxygens (including phenoxy) is 1. The van der Waals surface area contributed by atoms with Crippen LogP contribution in [0.25, 0.3) is 0 Å². The monoisotopic (exact) mass is 255 g/mol. The Morgan fingerprint density at radius 1 is 1.44 bits per heavy atom. The largest absolute Gasteiger partial charge is 0.385 e. The first-order valence-corrected chi connectivity index (χ1v) is 7.00. The van der Waals surface area contributed by atoms with Crippen LogP contribution in [0.2, 0.25) is 0 Å². The van der Waals surface area contributed by atoms with Crippen molar-refractivity contribution >= 4 is 5.96 Å². The van der Waals surface area contributed by atoms with Gasteiger partial charge in [0.2, 0.25) is 0 Å². The third-order valence-corrected chi connectivity index (χ3v) is 4.14. The minimum atomic E-state index is -0.848. The minimum Gasteiger partial charge on any atom is -0.385 e. The predicted molar refractivity (Wildman–Crippen MR) is 71.5 cm³/mol. The van der Waals surface area contributed by atoms with Crippen molar-refractivity contribution in [2.45, 2.75) is 63.2 Å². The summed E-state index contributed by atoms with van der Waals surface area (Å²) < 4.78 is 5.37. The third-order valence-electron chi connectivity index (χ3n) is 4.14. The third kappa shape index (κ3) is 3.36. The molecule has 4 N–H and O–H groups in total. The summed E-state index contributed by atoms with van der Waals surface area (Å²) in [5.41, 5.74) is 5.03. The molecule has 1 heterocycles. The first kappa shape index (κ1) is 13.6. The standard InChI is InChI=1S/C13H25N3O2/c1-10-13(17,7-8-18-10)9-15-12(14)16-11-5-3-2-4-6-11/h10-11,17H,2-9H2,1H3,(H3,14,15,16). The van der Waals surface area contributed by atoms with Gasteiger partial charge in [0.05, 0.1) is 12.6 Å². The smallest absolute Gasteiger partial charge is 0.188 e. The molecule has 2 atom stereocenters. The predicted octanol–water partition coefficient (Wildman–Crippen LogP) is 0.763. The minimum absolute atomic E-state index is 0.163. The van der Waals surface area contributed by atoms with E-state index in [1.165, 1.54) is 32.1 Å². The van der Waals surface area contributed by atoms with E-state index >= 15 is 0 Å². The summed E-state index contributed by atoms with van der Waals surface area (Å²) in [5, 5.41) is 13.5. The zero-order chi connectivity index (χ0) is 13.0. The van der Waals surface area contributed by atoms with Gasteiger partial charge in [0.1, 0.15) is 5.60 Å². The van der Waals surface area contributed by atoms with E-state index in [9.17, 15) is 5.11 Å². The second kappa shape index (κ2) is 5.89. The summed E-state index contributed by atoms with van der Waals surface area (Å²) in [6.07, 6.45) is 6.65. The summed E-state index contributed by atoms with van der Waals surface area (Å²) in [7, 11) is 0. The molecular formula is C13H25N3O2. The van der Waals surface area contributed by atoms with Gasteiger partial charge in [-0.25, -0.2) is 0 Å². The van der Waals surface area contributed by atoms with E-state index in [-0.39, 0.29) is 6.10 Å². The van der Waals surface area contributed by atoms with Gasteiger partial charge >= 0.3 is 0 Å². The molecule has 5 heteroatoms. The molecule has 0 spiro atoms. The van der Waals surface area contributed by atoms with Crippen LogP contribution >= 0.6 is 0 Å². The quantitative estimate of drug-likeness (QED) is 0.514. The Morgan fingerprint density at radius 2 is 2.17 bits per heavy atom. The lowest BCUT2D eigenvalue weighted by Gasteiger charge is -2.25. The lowest BCUT2D eigenvalue weighted by Crippen LogP contribution is -2.44. The molecule has 0 aromatic heterocycles. The van der Waals surface area contributed by atoms with Gasteiger partial charge in [-0.3, -0.25) is 4.99 Å². The molecule has 1 saturated carbocycles. The van der Waals surface area contributed by atoms with Gasteiger partial charge < -0.3 is 20.9 Å². The van der Waals surface area contributed by atoms with Crippen LogP contribution in [0.4, 0.5) is 0 Å². The molecule has 0 aromatic carbocycles. The second-order valence-corrected chi connectivity index (χ2v) is 5.55. The van der Waals surface area contributed by atoms with Gasteiger partial charge in [-0.05, 0) is 19.8 Å². The fourth-order valence-corrected chi connectivity index (χ4v) is 2.70. The van der Waals surface area contributed by atoms with Crippen molar-refractivity contribution in [1.82, 2.24) is 5.32 Å². The molecule has 0 radical (unpaired) electrons. The number of nitrogens with two attached hydrogens (primary N) is 1. The summed E-state index contributed by atoms with van der Waals surface area (Å²) >= 11 is 0. The number of rotatable bonds is 3. The maximum Gasteiger partial charge on any atom is 0.188 e. The molecule has 0 amide bonds. The molecule has 2 rings (SSSR count). The van der Waals surface area contributed by atoms with E-state index in [1.54, 1.807) is 0 Å². The van der Waals surface area contributed by atoms with E-state index < -0.39 is 5.60 Å². The Labute approximate surface area is 109 Å². The van der Waals surface area contributed by atoms with Crippen LogP contribution in [-0.4, -0.2) is 42.0 Å². The highest BCUT2D eigenvalue weighted by Crippen LogP contribution is 2.25. The van der Waals surface area contributed by atoms with Crippen molar-refractivity contribution in [3.05, 3.63) is 0 Å². The Balaban J connectivity index is 1.81. The van der Waals surface area contributed by atoms with E-state index in [4.69, 9.17) is 10.5 Å². The number of aliphatic hydroxyl groups is 1. The second-order valence-electron chi connectivity index (χ2n) is 5.55. The summed E-state index contributed by atoms with van der Waals surface area (Å²) in [4.78, 5) is 4.28. The fraction of sp³-hybridized carbons (Fsp3) is 0.923. The van der Waals surface area contributed by atoms with Crippen molar-refractivity contribution in [2.75, 3.05) is 13.2 Å². The van der Waals surface area contributed by atoms with E-state index in [0.29, 0.717) is 31.6 Å². The maximum atomic E-state index is 10.3. The fourth-order valence-electron chi connectivity index (χ4n) is 2.70. The lowest BCUT2D eigenvalue weighted by molar-refractivity contribution is -0.0201. The number of guanidine groups is 1. The van der Waals surface area contributed by atoms with Gasteiger partial charge in [0.25, 0.3) is 0 Å². The van der Waals surface area contributed by atoms with Crippen LogP contribution in [0.1, 0.15) is 45.4 Å². The molecule has 2 unspecified atom stereocenters. The number of hydrogen-bond donors (Lipinski definition) is 3. The molecule has 1 saturated heterocycles. The Bertz CT molecular complexity index is 303. The SMILES string of the molecule is CC1OCCC1(O)CN=C(N)NC1CCCCC1. The van der Waals surface area contributed by atoms with Crippen LogP contribution in [-0.2, 0) is 4.74 Å². The average Bonchev–Trinajstić information content (AvgIpc) is 2.69.